The van der Waals surface area contributed by atoms with Gasteiger partial charge >= 0.3 is 6.18 Å². The zero-order chi connectivity index (χ0) is 17.2. The molecule has 0 bridgehead atoms. The van der Waals surface area contributed by atoms with E-state index in [1.165, 1.54) is 0 Å². The molecule has 1 unspecified atom stereocenters. The van der Waals surface area contributed by atoms with Gasteiger partial charge in [0.15, 0.2) is 5.82 Å². The Morgan fingerprint density at radius 1 is 1.35 bits per heavy atom. The molecule has 0 aliphatic heterocycles. The van der Waals surface area contributed by atoms with Crippen molar-refractivity contribution in [3.63, 3.8) is 0 Å². The van der Waals surface area contributed by atoms with Gasteiger partial charge in [-0.25, -0.2) is 4.98 Å². The summed E-state index contributed by atoms with van der Waals surface area (Å²) >= 11 is 5.75. The standard InChI is InChI=1S/C13H12ClF3N4O2/c1-6(2)9(11-19-5-23-21-11)20-12(22)10-8(14)3-7(4-18-10)13(15,16)17/h3-6,9H,1-2H3,(H,20,22). The highest BCUT2D eigenvalue weighted by molar-refractivity contribution is 6.33. The van der Waals surface area contributed by atoms with Crippen molar-refractivity contribution in [3.05, 3.63) is 40.8 Å². The highest BCUT2D eigenvalue weighted by Crippen LogP contribution is 2.31. The summed E-state index contributed by atoms with van der Waals surface area (Å²) in [5, 5.41) is 5.84. The Balaban J connectivity index is 2.23. The Morgan fingerprint density at radius 2 is 2.04 bits per heavy atom. The number of hydrogen-bond acceptors (Lipinski definition) is 5. The monoisotopic (exact) mass is 348 g/mol. The Hall–Kier alpha value is -2.16. The van der Waals surface area contributed by atoms with E-state index in [0.29, 0.717) is 12.3 Å². The number of aromatic nitrogens is 3. The van der Waals surface area contributed by atoms with Gasteiger partial charge in [-0.2, -0.15) is 18.2 Å². The van der Waals surface area contributed by atoms with Crippen LogP contribution >= 0.6 is 11.6 Å². The smallest absolute Gasteiger partial charge is 0.343 e. The van der Waals surface area contributed by atoms with Crippen LogP contribution < -0.4 is 5.32 Å². The largest absolute Gasteiger partial charge is 0.417 e. The van der Waals surface area contributed by atoms with E-state index in [9.17, 15) is 18.0 Å². The summed E-state index contributed by atoms with van der Waals surface area (Å²) in [6, 6.07) is 0.0590. The fourth-order valence-electron chi connectivity index (χ4n) is 1.81. The number of carbonyl (C=O) groups excluding carboxylic acids is 1. The van der Waals surface area contributed by atoms with Gasteiger partial charge in [0.2, 0.25) is 6.39 Å². The Bertz CT molecular complexity index is 689. The molecule has 2 aromatic heterocycles. The minimum atomic E-state index is -4.59. The zero-order valence-electron chi connectivity index (χ0n) is 12.1. The van der Waals surface area contributed by atoms with Crippen LogP contribution in [0.25, 0.3) is 0 Å². The Kier molecular flexibility index (Phi) is 4.88. The number of carbonyl (C=O) groups is 1. The molecular formula is C13H12ClF3N4O2. The molecule has 0 radical (unpaired) electrons. The number of alkyl halides is 3. The average Bonchev–Trinajstić information content (AvgIpc) is 2.96. The molecule has 0 saturated carbocycles. The first kappa shape index (κ1) is 17.2. The van der Waals surface area contributed by atoms with E-state index in [4.69, 9.17) is 11.6 Å². The van der Waals surface area contributed by atoms with Crippen molar-refractivity contribution in [1.29, 1.82) is 0 Å². The summed E-state index contributed by atoms with van der Waals surface area (Å²) in [4.78, 5) is 19.6. The van der Waals surface area contributed by atoms with Gasteiger partial charge in [0.1, 0.15) is 5.69 Å². The quantitative estimate of drug-likeness (QED) is 0.917. The van der Waals surface area contributed by atoms with Gasteiger partial charge in [-0.3, -0.25) is 4.79 Å². The third-order valence-electron chi connectivity index (χ3n) is 2.99. The third kappa shape index (κ3) is 3.98. The molecule has 2 heterocycles. The summed E-state index contributed by atoms with van der Waals surface area (Å²) in [5.74, 6) is -0.576. The number of pyridine rings is 1. The summed E-state index contributed by atoms with van der Waals surface area (Å²) < 4.78 is 42.4. The summed E-state index contributed by atoms with van der Waals surface area (Å²) in [6.45, 7) is 3.62. The van der Waals surface area contributed by atoms with Crippen molar-refractivity contribution < 1.29 is 22.5 Å². The lowest BCUT2D eigenvalue weighted by atomic mass is 10.0. The van der Waals surface area contributed by atoms with Crippen molar-refractivity contribution >= 4 is 17.5 Å². The second-order valence-corrected chi connectivity index (χ2v) is 5.44. The van der Waals surface area contributed by atoms with Crippen LogP contribution in [0.3, 0.4) is 0 Å². The number of rotatable bonds is 4. The number of hydrogen-bond donors (Lipinski definition) is 1. The molecule has 0 saturated heterocycles. The van der Waals surface area contributed by atoms with E-state index >= 15 is 0 Å². The van der Waals surface area contributed by atoms with Gasteiger partial charge in [-0.15, -0.1) is 0 Å². The maximum Gasteiger partial charge on any atom is 0.417 e. The molecule has 1 amide bonds. The van der Waals surface area contributed by atoms with Crippen molar-refractivity contribution in [1.82, 2.24) is 20.4 Å². The van der Waals surface area contributed by atoms with E-state index in [2.05, 4.69) is 25.0 Å². The highest BCUT2D eigenvalue weighted by Gasteiger charge is 2.32. The molecule has 0 aliphatic rings. The van der Waals surface area contributed by atoms with Crippen LogP contribution in [-0.4, -0.2) is 21.0 Å². The van der Waals surface area contributed by atoms with Crippen LogP contribution in [0.5, 0.6) is 0 Å². The molecule has 10 heteroatoms. The van der Waals surface area contributed by atoms with E-state index < -0.39 is 28.7 Å². The topological polar surface area (TPSA) is 80.9 Å². The Labute approximate surface area is 134 Å². The maximum atomic E-state index is 12.6. The van der Waals surface area contributed by atoms with Crippen molar-refractivity contribution in [2.45, 2.75) is 26.1 Å². The van der Waals surface area contributed by atoms with Crippen LogP contribution in [-0.2, 0) is 6.18 Å². The van der Waals surface area contributed by atoms with Crippen LogP contribution in [0.4, 0.5) is 13.2 Å². The first-order valence-corrected chi connectivity index (χ1v) is 6.87. The molecule has 1 N–H and O–H groups in total. The van der Waals surface area contributed by atoms with Crippen LogP contribution in [0.2, 0.25) is 5.02 Å². The average molecular weight is 349 g/mol. The van der Waals surface area contributed by atoms with E-state index in [0.717, 1.165) is 6.39 Å². The van der Waals surface area contributed by atoms with Crippen molar-refractivity contribution in [3.8, 4) is 0 Å². The first-order valence-electron chi connectivity index (χ1n) is 6.50. The van der Waals surface area contributed by atoms with Gasteiger partial charge in [0.25, 0.3) is 5.91 Å². The lowest BCUT2D eigenvalue weighted by Crippen LogP contribution is -2.33. The molecule has 124 valence electrons. The predicted molar refractivity (Wildman–Crippen MR) is 73.6 cm³/mol. The van der Waals surface area contributed by atoms with E-state index in [1.807, 2.05) is 13.8 Å². The molecule has 0 spiro atoms. The van der Waals surface area contributed by atoms with E-state index in [1.54, 1.807) is 0 Å². The summed E-state index contributed by atoms with van der Waals surface area (Å²) in [5.41, 5.74) is -1.34. The number of halogens is 4. The van der Waals surface area contributed by atoms with Gasteiger partial charge < -0.3 is 9.84 Å². The van der Waals surface area contributed by atoms with Crippen molar-refractivity contribution in [2.75, 3.05) is 0 Å². The number of nitrogens with one attached hydrogen (secondary N) is 1. The van der Waals surface area contributed by atoms with Gasteiger partial charge in [-0.1, -0.05) is 30.6 Å². The van der Waals surface area contributed by atoms with Crippen LogP contribution in [0.1, 0.15) is 41.8 Å². The predicted octanol–water partition coefficient (Wildman–Crippen LogP) is 3.26. The van der Waals surface area contributed by atoms with Gasteiger partial charge in [0.05, 0.1) is 16.6 Å². The first-order chi connectivity index (χ1) is 10.7. The molecule has 23 heavy (non-hydrogen) atoms. The van der Waals surface area contributed by atoms with Gasteiger partial charge in [0, 0.05) is 6.20 Å². The second-order valence-electron chi connectivity index (χ2n) is 5.04. The Morgan fingerprint density at radius 3 is 2.52 bits per heavy atom. The minimum Gasteiger partial charge on any atom is -0.343 e. The molecule has 2 aromatic rings. The second kappa shape index (κ2) is 6.53. The van der Waals surface area contributed by atoms with Crippen LogP contribution in [0.15, 0.2) is 23.2 Å². The van der Waals surface area contributed by atoms with Gasteiger partial charge in [-0.05, 0) is 12.0 Å². The lowest BCUT2D eigenvalue weighted by molar-refractivity contribution is -0.137. The SMILES string of the molecule is CC(C)C(NC(=O)c1ncc(C(F)(F)F)cc1Cl)c1ncon1. The molecule has 1 atom stereocenters. The summed E-state index contributed by atoms with van der Waals surface area (Å²) in [7, 11) is 0. The molecule has 2 rings (SSSR count). The number of nitrogens with zero attached hydrogens (tertiary/aromatic N) is 3. The molecule has 0 aromatic carbocycles. The fourth-order valence-corrected chi connectivity index (χ4v) is 2.07. The zero-order valence-corrected chi connectivity index (χ0v) is 12.8. The summed E-state index contributed by atoms with van der Waals surface area (Å²) in [6.07, 6.45) is -2.92. The fraction of sp³-hybridized carbons (Fsp3) is 0.385. The van der Waals surface area contributed by atoms with E-state index in [-0.39, 0.29) is 17.4 Å². The lowest BCUT2D eigenvalue weighted by Gasteiger charge is -2.19. The molecular weight excluding hydrogens is 337 g/mol. The highest BCUT2D eigenvalue weighted by atomic mass is 35.5. The van der Waals surface area contributed by atoms with Crippen LogP contribution in [0, 0.1) is 5.92 Å². The molecule has 0 aliphatic carbocycles. The molecule has 0 fully saturated rings. The normalized spacial score (nSPS) is 13.2. The minimum absolute atomic E-state index is 0.0928. The van der Waals surface area contributed by atoms with Crippen molar-refractivity contribution in [2.24, 2.45) is 5.92 Å². The number of amides is 1. The third-order valence-corrected chi connectivity index (χ3v) is 3.28. The molecule has 6 nitrogen and oxygen atoms in total. The maximum absolute atomic E-state index is 12.6.